The van der Waals surface area contributed by atoms with Gasteiger partial charge in [-0.3, -0.25) is 4.79 Å². The van der Waals surface area contributed by atoms with Crippen LogP contribution >= 0.6 is 11.8 Å². The average molecular weight is 290 g/mol. The molecular weight excluding hydrogens is 272 g/mol. The number of hydrogen-bond acceptors (Lipinski definition) is 4. The Balaban J connectivity index is 2.56. The summed E-state index contributed by atoms with van der Waals surface area (Å²) in [6, 6.07) is 8.09. The topological polar surface area (TPSA) is 35.5 Å². The standard InChI is InChI=1S/C16H18O3S/c1-10-7-15(18-3)13-6-5-12(9-20-11(2)17)8-14(13)16(10)19-4/h5-8H,9H2,1-4H3. The van der Waals surface area contributed by atoms with E-state index in [2.05, 4.69) is 6.07 Å². The molecule has 2 rings (SSSR count). The Morgan fingerprint density at radius 1 is 1.15 bits per heavy atom. The predicted octanol–water partition coefficient (Wildman–Crippen LogP) is 3.95. The molecule has 0 saturated heterocycles. The molecule has 0 spiro atoms. The first-order chi connectivity index (χ1) is 9.56. The summed E-state index contributed by atoms with van der Waals surface area (Å²) in [7, 11) is 3.34. The van der Waals surface area contributed by atoms with E-state index in [1.165, 1.54) is 11.8 Å². The van der Waals surface area contributed by atoms with Crippen molar-refractivity contribution in [3.8, 4) is 11.5 Å². The van der Waals surface area contributed by atoms with Crippen molar-refractivity contribution in [1.29, 1.82) is 0 Å². The molecule has 20 heavy (non-hydrogen) atoms. The molecule has 0 radical (unpaired) electrons. The van der Waals surface area contributed by atoms with Gasteiger partial charge in [-0.1, -0.05) is 23.9 Å². The largest absolute Gasteiger partial charge is 0.496 e. The lowest BCUT2D eigenvalue weighted by molar-refractivity contribution is -0.109. The van der Waals surface area contributed by atoms with Crippen molar-refractivity contribution in [2.24, 2.45) is 0 Å². The second-order valence-electron chi connectivity index (χ2n) is 4.59. The maximum atomic E-state index is 11.1. The Morgan fingerprint density at radius 3 is 2.50 bits per heavy atom. The number of rotatable bonds is 4. The summed E-state index contributed by atoms with van der Waals surface area (Å²) < 4.78 is 10.9. The van der Waals surface area contributed by atoms with Crippen LogP contribution in [0.25, 0.3) is 10.8 Å². The van der Waals surface area contributed by atoms with E-state index in [4.69, 9.17) is 9.47 Å². The van der Waals surface area contributed by atoms with E-state index in [1.54, 1.807) is 21.1 Å². The van der Waals surface area contributed by atoms with Gasteiger partial charge in [0, 0.05) is 23.4 Å². The summed E-state index contributed by atoms with van der Waals surface area (Å²) >= 11 is 1.31. The van der Waals surface area contributed by atoms with Crippen LogP contribution in [-0.4, -0.2) is 19.3 Å². The maximum absolute atomic E-state index is 11.1. The SMILES string of the molecule is COc1cc(C)c(OC)c2cc(CSC(C)=O)ccc12. The molecule has 0 bridgehead atoms. The fraction of sp³-hybridized carbons (Fsp3) is 0.312. The molecule has 0 fully saturated rings. The highest BCUT2D eigenvalue weighted by atomic mass is 32.2. The molecule has 0 aliphatic rings. The molecule has 0 aromatic heterocycles. The Hall–Kier alpha value is -1.68. The lowest BCUT2D eigenvalue weighted by Gasteiger charge is -2.14. The molecule has 0 unspecified atom stereocenters. The monoisotopic (exact) mass is 290 g/mol. The fourth-order valence-corrected chi connectivity index (χ4v) is 2.81. The lowest BCUT2D eigenvalue weighted by Crippen LogP contribution is -1.94. The van der Waals surface area contributed by atoms with Crippen LogP contribution < -0.4 is 9.47 Å². The number of thioether (sulfide) groups is 1. The average Bonchev–Trinajstić information content (AvgIpc) is 2.44. The molecule has 0 aliphatic heterocycles. The van der Waals surface area contributed by atoms with Crippen LogP contribution in [-0.2, 0) is 10.5 Å². The Kier molecular flexibility index (Phi) is 4.55. The minimum absolute atomic E-state index is 0.124. The third-order valence-corrected chi connectivity index (χ3v) is 4.05. The quantitative estimate of drug-likeness (QED) is 0.854. The van der Waals surface area contributed by atoms with E-state index in [1.807, 2.05) is 25.1 Å². The molecule has 0 aliphatic carbocycles. The highest BCUT2D eigenvalue weighted by Crippen LogP contribution is 2.37. The van der Waals surface area contributed by atoms with Gasteiger partial charge in [0.15, 0.2) is 5.12 Å². The van der Waals surface area contributed by atoms with E-state index in [0.717, 1.165) is 33.4 Å². The second kappa shape index (κ2) is 6.18. The molecule has 0 atom stereocenters. The number of carbonyl (C=O) groups excluding carboxylic acids is 1. The highest BCUT2D eigenvalue weighted by molar-refractivity contribution is 8.12. The van der Waals surface area contributed by atoms with Gasteiger partial charge in [-0.15, -0.1) is 0 Å². The van der Waals surface area contributed by atoms with Crippen molar-refractivity contribution in [3.05, 3.63) is 35.4 Å². The van der Waals surface area contributed by atoms with Gasteiger partial charge in [-0.25, -0.2) is 0 Å². The first-order valence-electron chi connectivity index (χ1n) is 6.34. The van der Waals surface area contributed by atoms with Crippen molar-refractivity contribution in [2.45, 2.75) is 19.6 Å². The van der Waals surface area contributed by atoms with Crippen molar-refractivity contribution >= 4 is 27.6 Å². The zero-order chi connectivity index (χ0) is 14.7. The van der Waals surface area contributed by atoms with Crippen LogP contribution in [0, 0.1) is 6.92 Å². The smallest absolute Gasteiger partial charge is 0.186 e. The van der Waals surface area contributed by atoms with Crippen LogP contribution in [0.2, 0.25) is 0 Å². The number of benzene rings is 2. The van der Waals surface area contributed by atoms with E-state index in [9.17, 15) is 4.79 Å². The molecule has 2 aromatic rings. The van der Waals surface area contributed by atoms with E-state index in [-0.39, 0.29) is 5.12 Å². The molecule has 2 aromatic carbocycles. The number of hydrogen-bond donors (Lipinski definition) is 0. The van der Waals surface area contributed by atoms with Crippen LogP contribution in [0.3, 0.4) is 0 Å². The summed E-state index contributed by atoms with van der Waals surface area (Å²) in [5.74, 6) is 2.37. The highest BCUT2D eigenvalue weighted by Gasteiger charge is 2.11. The van der Waals surface area contributed by atoms with Crippen LogP contribution in [0.5, 0.6) is 11.5 Å². The van der Waals surface area contributed by atoms with Crippen LogP contribution in [0.1, 0.15) is 18.1 Å². The van der Waals surface area contributed by atoms with Gasteiger partial charge in [0.05, 0.1) is 14.2 Å². The van der Waals surface area contributed by atoms with Gasteiger partial charge < -0.3 is 9.47 Å². The summed E-state index contributed by atoms with van der Waals surface area (Å²) in [6.07, 6.45) is 0. The number of aryl methyl sites for hydroxylation is 1. The summed E-state index contributed by atoms with van der Waals surface area (Å²) in [4.78, 5) is 11.1. The molecule has 106 valence electrons. The fourth-order valence-electron chi connectivity index (χ4n) is 2.26. The van der Waals surface area contributed by atoms with Crippen LogP contribution in [0.4, 0.5) is 0 Å². The zero-order valence-corrected chi connectivity index (χ0v) is 13.0. The van der Waals surface area contributed by atoms with Gasteiger partial charge in [-0.05, 0) is 30.2 Å². The molecule has 0 heterocycles. The Morgan fingerprint density at radius 2 is 1.90 bits per heavy atom. The van der Waals surface area contributed by atoms with Gasteiger partial charge in [-0.2, -0.15) is 0 Å². The Bertz CT molecular complexity index is 650. The van der Waals surface area contributed by atoms with Crippen molar-refractivity contribution in [1.82, 2.24) is 0 Å². The third kappa shape index (κ3) is 2.90. The first-order valence-corrected chi connectivity index (χ1v) is 7.33. The summed E-state index contributed by atoms with van der Waals surface area (Å²) in [6.45, 7) is 3.58. The summed E-state index contributed by atoms with van der Waals surface area (Å²) in [5.41, 5.74) is 2.14. The van der Waals surface area contributed by atoms with Crippen molar-refractivity contribution < 1.29 is 14.3 Å². The van der Waals surface area contributed by atoms with Crippen LogP contribution in [0.15, 0.2) is 24.3 Å². The minimum atomic E-state index is 0.124. The first kappa shape index (κ1) is 14.7. The number of fused-ring (bicyclic) bond motifs is 1. The van der Waals surface area contributed by atoms with E-state index < -0.39 is 0 Å². The number of methoxy groups -OCH3 is 2. The lowest BCUT2D eigenvalue weighted by atomic mass is 10.0. The normalized spacial score (nSPS) is 10.6. The molecule has 0 N–H and O–H groups in total. The molecule has 4 heteroatoms. The van der Waals surface area contributed by atoms with Crippen molar-refractivity contribution in [3.63, 3.8) is 0 Å². The van der Waals surface area contributed by atoms with Gasteiger partial charge in [0.25, 0.3) is 0 Å². The second-order valence-corrected chi connectivity index (χ2v) is 5.74. The Labute approximate surface area is 123 Å². The molecule has 0 amide bonds. The number of ether oxygens (including phenoxy) is 2. The van der Waals surface area contributed by atoms with E-state index >= 15 is 0 Å². The zero-order valence-electron chi connectivity index (χ0n) is 12.1. The van der Waals surface area contributed by atoms with Crippen molar-refractivity contribution in [2.75, 3.05) is 14.2 Å². The minimum Gasteiger partial charge on any atom is -0.496 e. The molecular formula is C16H18O3S. The third-order valence-electron chi connectivity index (χ3n) is 3.17. The van der Waals surface area contributed by atoms with Gasteiger partial charge in [0.2, 0.25) is 0 Å². The van der Waals surface area contributed by atoms with Gasteiger partial charge >= 0.3 is 0 Å². The summed E-state index contributed by atoms with van der Waals surface area (Å²) in [5, 5.41) is 2.16. The number of carbonyl (C=O) groups is 1. The van der Waals surface area contributed by atoms with E-state index in [0.29, 0.717) is 5.75 Å². The van der Waals surface area contributed by atoms with Gasteiger partial charge in [0.1, 0.15) is 11.5 Å². The maximum Gasteiger partial charge on any atom is 0.186 e. The molecule has 3 nitrogen and oxygen atoms in total. The predicted molar refractivity (Wildman–Crippen MR) is 83.8 cm³/mol. The molecule has 0 saturated carbocycles.